The van der Waals surface area contributed by atoms with E-state index in [1.165, 1.54) is 54.0 Å². The number of rotatable bonds is 2. The SMILES string of the molecule is CCCc1ccc2c(c1)sc1c2ccc2c1c1ccccc1n2C. The number of nitrogens with zero attached hydrogens (tertiary/aromatic N) is 1. The van der Waals surface area contributed by atoms with Gasteiger partial charge in [0.2, 0.25) is 0 Å². The van der Waals surface area contributed by atoms with Gasteiger partial charge in [0.25, 0.3) is 0 Å². The highest BCUT2D eigenvalue weighted by molar-refractivity contribution is 7.26. The van der Waals surface area contributed by atoms with Crippen LogP contribution >= 0.6 is 11.3 Å². The number of benzene rings is 3. The molecular formula is C22H19NS. The van der Waals surface area contributed by atoms with Crippen molar-refractivity contribution in [3.05, 3.63) is 60.2 Å². The van der Waals surface area contributed by atoms with Gasteiger partial charge >= 0.3 is 0 Å². The van der Waals surface area contributed by atoms with E-state index >= 15 is 0 Å². The lowest BCUT2D eigenvalue weighted by Crippen LogP contribution is -1.85. The Kier molecular flexibility index (Phi) is 2.98. The summed E-state index contributed by atoms with van der Waals surface area (Å²) in [7, 11) is 2.17. The minimum Gasteiger partial charge on any atom is -0.344 e. The molecule has 0 radical (unpaired) electrons. The largest absolute Gasteiger partial charge is 0.344 e. The van der Waals surface area contributed by atoms with Gasteiger partial charge in [-0.15, -0.1) is 11.3 Å². The number of aryl methyl sites for hydroxylation is 2. The molecule has 0 aliphatic carbocycles. The van der Waals surface area contributed by atoms with Gasteiger partial charge in [0.05, 0.1) is 5.52 Å². The molecule has 0 spiro atoms. The fourth-order valence-corrected chi connectivity index (χ4v) is 5.29. The van der Waals surface area contributed by atoms with Crippen LogP contribution in [0.2, 0.25) is 0 Å². The van der Waals surface area contributed by atoms with Gasteiger partial charge in [0.1, 0.15) is 0 Å². The molecule has 0 saturated heterocycles. The predicted molar refractivity (Wildman–Crippen MR) is 107 cm³/mol. The summed E-state index contributed by atoms with van der Waals surface area (Å²) in [6.07, 6.45) is 2.36. The maximum atomic E-state index is 2.39. The minimum absolute atomic E-state index is 1.16. The fourth-order valence-electron chi connectivity index (χ4n) is 3.97. The molecule has 24 heavy (non-hydrogen) atoms. The molecule has 0 atom stereocenters. The highest BCUT2D eigenvalue weighted by Crippen LogP contribution is 2.42. The number of hydrogen-bond donors (Lipinski definition) is 0. The first-order valence-corrected chi connectivity index (χ1v) is 9.41. The lowest BCUT2D eigenvalue weighted by Gasteiger charge is -1.99. The van der Waals surface area contributed by atoms with Crippen LogP contribution in [0.1, 0.15) is 18.9 Å². The number of thiophene rings is 1. The van der Waals surface area contributed by atoms with Crippen molar-refractivity contribution in [2.45, 2.75) is 19.8 Å². The van der Waals surface area contributed by atoms with Gasteiger partial charge in [-0.3, -0.25) is 0 Å². The molecule has 0 bridgehead atoms. The van der Waals surface area contributed by atoms with Crippen molar-refractivity contribution in [1.29, 1.82) is 0 Å². The number of aromatic nitrogens is 1. The smallest absolute Gasteiger partial charge is 0.0503 e. The monoisotopic (exact) mass is 329 g/mol. The van der Waals surface area contributed by atoms with E-state index in [9.17, 15) is 0 Å². The van der Waals surface area contributed by atoms with E-state index in [0.717, 1.165) is 6.42 Å². The van der Waals surface area contributed by atoms with E-state index in [0.29, 0.717) is 0 Å². The number of para-hydroxylation sites is 1. The van der Waals surface area contributed by atoms with Crippen LogP contribution in [0.4, 0.5) is 0 Å². The van der Waals surface area contributed by atoms with Crippen LogP contribution in [-0.4, -0.2) is 4.57 Å². The average Bonchev–Trinajstić information content (AvgIpc) is 3.11. The average molecular weight is 329 g/mol. The molecule has 0 aliphatic heterocycles. The summed E-state index contributed by atoms with van der Waals surface area (Å²) >= 11 is 1.95. The van der Waals surface area contributed by atoms with Gasteiger partial charge in [0.15, 0.2) is 0 Å². The second kappa shape index (κ2) is 5.09. The third-order valence-corrected chi connectivity index (χ3v) is 6.30. The maximum absolute atomic E-state index is 2.39. The summed E-state index contributed by atoms with van der Waals surface area (Å²) in [5.41, 5.74) is 4.08. The third kappa shape index (κ3) is 1.81. The molecule has 0 saturated carbocycles. The van der Waals surface area contributed by atoms with Gasteiger partial charge in [-0.2, -0.15) is 0 Å². The molecule has 2 aromatic heterocycles. The molecule has 5 aromatic rings. The van der Waals surface area contributed by atoms with E-state index < -0.39 is 0 Å². The van der Waals surface area contributed by atoms with Crippen LogP contribution in [0.25, 0.3) is 42.0 Å². The Morgan fingerprint density at radius 2 is 1.71 bits per heavy atom. The Morgan fingerprint density at radius 1 is 0.875 bits per heavy atom. The van der Waals surface area contributed by atoms with Crippen LogP contribution in [0.5, 0.6) is 0 Å². The van der Waals surface area contributed by atoms with E-state index in [1.807, 2.05) is 11.3 Å². The predicted octanol–water partition coefficient (Wildman–Crippen LogP) is 6.65. The van der Waals surface area contributed by atoms with Crippen molar-refractivity contribution in [1.82, 2.24) is 4.57 Å². The molecule has 118 valence electrons. The topological polar surface area (TPSA) is 4.93 Å². The molecule has 1 nitrogen and oxygen atoms in total. The molecule has 0 amide bonds. The van der Waals surface area contributed by atoms with E-state index in [4.69, 9.17) is 0 Å². The lowest BCUT2D eigenvalue weighted by molar-refractivity contribution is 0.924. The molecule has 0 fully saturated rings. The van der Waals surface area contributed by atoms with Gasteiger partial charge in [-0.25, -0.2) is 0 Å². The maximum Gasteiger partial charge on any atom is 0.0503 e. The summed E-state index contributed by atoms with van der Waals surface area (Å²) in [5, 5.41) is 5.55. The summed E-state index contributed by atoms with van der Waals surface area (Å²) in [6.45, 7) is 2.24. The van der Waals surface area contributed by atoms with Gasteiger partial charge in [-0.05, 0) is 30.2 Å². The summed E-state index contributed by atoms with van der Waals surface area (Å²) in [4.78, 5) is 0. The third-order valence-electron chi connectivity index (χ3n) is 5.12. The molecule has 5 rings (SSSR count). The standard InChI is InChI=1S/C22H19NS/c1-3-6-14-9-10-15-16-11-12-19-21(22(16)24-20(15)13-14)17-7-4-5-8-18(17)23(19)2/h4-5,7-13H,3,6H2,1-2H3. The lowest BCUT2D eigenvalue weighted by atomic mass is 10.1. The van der Waals surface area contributed by atoms with Crippen LogP contribution in [0.3, 0.4) is 0 Å². The zero-order valence-corrected chi connectivity index (χ0v) is 14.8. The highest BCUT2D eigenvalue weighted by Gasteiger charge is 2.14. The Labute approximate surface area is 145 Å². The molecule has 2 heteroatoms. The molecular weight excluding hydrogens is 310 g/mol. The first-order valence-electron chi connectivity index (χ1n) is 8.59. The van der Waals surface area contributed by atoms with Crippen LogP contribution in [0.15, 0.2) is 54.6 Å². The van der Waals surface area contributed by atoms with Gasteiger partial charge in [0, 0.05) is 43.5 Å². The Bertz CT molecular complexity index is 1220. The Hall–Kier alpha value is -2.32. The van der Waals surface area contributed by atoms with E-state index in [2.05, 4.69) is 73.1 Å². The van der Waals surface area contributed by atoms with Gasteiger partial charge < -0.3 is 4.57 Å². The summed E-state index contributed by atoms with van der Waals surface area (Å²) in [6, 6.07) is 20.3. The molecule has 0 N–H and O–H groups in total. The van der Waals surface area contributed by atoms with Crippen molar-refractivity contribution in [3.8, 4) is 0 Å². The highest BCUT2D eigenvalue weighted by atomic mass is 32.1. The zero-order valence-electron chi connectivity index (χ0n) is 14.0. The molecule has 3 aromatic carbocycles. The minimum atomic E-state index is 1.16. The zero-order chi connectivity index (χ0) is 16.3. The summed E-state index contributed by atoms with van der Waals surface area (Å²) < 4.78 is 5.15. The molecule has 0 unspecified atom stereocenters. The first-order chi connectivity index (χ1) is 11.8. The van der Waals surface area contributed by atoms with Crippen molar-refractivity contribution in [2.75, 3.05) is 0 Å². The normalized spacial score (nSPS) is 12.1. The van der Waals surface area contributed by atoms with Gasteiger partial charge in [-0.1, -0.05) is 49.7 Å². The quantitative estimate of drug-likeness (QED) is 0.341. The van der Waals surface area contributed by atoms with Crippen molar-refractivity contribution >= 4 is 53.3 Å². The molecule has 2 heterocycles. The Balaban J connectivity index is 1.96. The second-order valence-electron chi connectivity index (χ2n) is 6.60. The summed E-state index contributed by atoms with van der Waals surface area (Å²) in [5.74, 6) is 0. The van der Waals surface area contributed by atoms with Crippen molar-refractivity contribution in [3.63, 3.8) is 0 Å². The molecule has 0 aliphatic rings. The van der Waals surface area contributed by atoms with Crippen LogP contribution in [-0.2, 0) is 13.5 Å². The van der Waals surface area contributed by atoms with Crippen molar-refractivity contribution in [2.24, 2.45) is 7.05 Å². The first kappa shape index (κ1) is 14.1. The number of fused-ring (bicyclic) bond motifs is 7. The van der Waals surface area contributed by atoms with Crippen molar-refractivity contribution < 1.29 is 0 Å². The van der Waals surface area contributed by atoms with E-state index in [1.54, 1.807) is 0 Å². The van der Waals surface area contributed by atoms with E-state index in [-0.39, 0.29) is 0 Å². The Morgan fingerprint density at radius 3 is 2.58 bits per heavy atom. The second-order valence-corrected chi connectivity index (χ2v) is 7.65. The van der Waals surface area contributed by atoms with Crippen LogP contribution < -0.4 is 0 Å². The van der Waals surface area contributed by atoms with Crippen LogP contribution in [0, 0.1) is 0 Å². The fraction of sp³-hybridized carbons (Fsp3) is 0.182. The number of hydrogen-bond acceptors (Lipinski definition) is 1.